The van der Waals surface area contributed by atoms with Crippen molar-refractivity contribution in [2.45, 2.75) is 33.1 Å². The Balaban J connectivity index is 2.03. The number of nitrogens with one attached hydrogen (secondary N) is 1. The van der Waals surface area contributed by atoms with Crippen LogP contribution in [0.1, 0.15) is 31.9 Å². The molecule has 0 spiro atoms. The van der Waals surface area contributed by atoms with E-state index in [9.17, 15) is 4.79 Å². The highest BCUT2D eigenvalue weighted by Gasteiger charge is 2.14. The first-order valence-electron chi connectivity index (χ1n) is 8.74. The van der Waals surface area contributed by atoms with E-state index >= 15 is 0 Å². The molecule has 0 saturated carbocycles. The smallest absolute Gasteiger partial charge is 0.247 e. The summed E-state index contributed by atoms with van der Waals surface area (Å²) in [5, 5.41) is 3.83. The third kappa shape index (κ3) is 3.67. The summed E-state index contributed by atoms with van der Waals surface area (Å²) in [4.78, 5) is 16.4. The molecule has 1 amide bonds. The number of fused-ring (bicyclic) bond motifs is 1. The van der Waals surface area contributed by atoms with Crippen LogP contribution in [0.2, 0.25) is 0 Å². The van der Waals surface area contributed by atoms with Crippen molar-refractivity contribution < 1.29 is 4.79 Å². The van der Waals surface area contributed by atoms with E-state index in [0.717, 1.165) is 27.7 Å². The van der Waals surface area contributed by atoms with E-state index in [4.69, 9.17) is 4.98 Å². The fourth-order valence-electron chi connectivity index (χ4n) is 2.96. The maximum Gasteiger partial charge on any atom is 0.247 e. The van der Waals surface area contributed by atoms with Gasteiger partial charge in [-0.25, -0.2) is 4.98 Å². The zero-order chi connectivity index (χ0) is 18.9. The summed E-state index contributed by atoms with van der Waals surface area (Å²) in [7, 11) is 0. The lowest BCUT2D eigenvalue weighted by molar-refractivity contribution is -0.111. The van der Waals surface area contributed by atoms with Crippen molar-refractivity contribution in [3.63, 3.8) is 0 Å². The standard InChI is InChI=1S/C23H24N2O/c1-6-21(26)24-19-12-9-17-13-15(2)22(25-20(17)14-19)16-7-10-18(11-8-16)23(3,4)5/h6-14H,1H2,2-5H3,(H,24,26). The number of aromatic nitrogens is 1. The molecular weight excluding hydrogens is 320 g/mol. The summed E-state index contributed by atoms with van der Waals surface area (Å²) in [6.45, 7) is 12.2. The average Bonchev–Trinajstić information content (AvgIpc) is 2.60. The maximum absolute atomic E-state index is 11.5. The molecule has 0 aliphatic rings. The minimum absolute atomic E-state index is 0.128. The highest BCUT2D eigenvalue weighted by molar-refractivity contribution is 6.00. The first-order valence-corrected chi connectivity index (χ1v) is 8.74. The summed E-state index contributed by atoms with van der Waals surface area (Å²) in [6.07, 6.45) is 1.26. The van der Waals surface area contributed by atoms with Crippen LogP contribution in [0, 0.1) is 6.92 Å². The van der Waals surface area contributed by atoms with Crippen LogP contribution in [0.25, 0.3) is 22.2 Å². The number of hydrogen-bond donors (Lipinski definition) is 1. The van der Waals surface area contributed by atoms with Gasteiger partial charge in [0.15, 0.2) is 0 Å². The van der Waals surface area contributed by atoms with E-state index in [1.807, 2.05) is 18.2 Å². The lowest BCUT2D eigenvalue weighted by Gasteiger charge is -2.19. The van der Waals surface area contributed by atoms with E-state index in [2.05, 4.69) is 69.9 Å². The normalized spacial score (nSPS) is 11.4. The Hall–Kier alpha value is -2.94. The molecule has 0 fully saturated rings. The molecular formula is C23H24N2O. The van der Waals surface area contributed by atoms with E-state index in [1.165, 1.54) is 11.6 Å². The van der Waals surface area contributed by atoms with Gasteiger partial charge in [-0.05, 0) is 47.7 Å². The molecule has 3 aromatic rings. The number of aryl methyl sites for hydroxylation is 1. The number of hydrogen-bond acceptors (Lipinski definition) is 2. The molecule has 0 aliphatic carbocycles. The second-order valence-electron chi connectivity index (χ2n) is 7.58. The maximum atomic E-state index is 11.5. The molecule has 1 N–H and O–H groups in total. The van der Waals surface area contributed by atoms with Gasteiger partial charge in [-0.15, -0.1) is 0 Å². The largest absolute Gasteiger partial charge is 0.322 e. The highest BCUT2D eigenvalue weighted by Crippen LogP contribution is 2.29. The van der Waals surface area contributed by atoms with Gasteiger partial charge in [0.1, 0.15) is 0 Å². The number of rotatable bonds is 3. The SMILES string of the molecule is C=CC(=O)Nc1ccc2cc(C)c(-c3ccc(C(C)(C)C)cc3)nc2c1. The molecule has 0 saturated heterocycles. The molecule has 0 bridgehead atoms. The molecule has 1 aromatic heterocycles. The molecule has 0 aliphatic heterocycles. The minimum Gasteiger partial charge on any atom is -0.322 e. The van der Waals surface area contributed by atoms with Gasteiger partial charge in [0, 0.05) is 16.6 Å². The Labute approximate surface area is 154 Å². The molecule has 132 valence electrons. The molecule has 3 heteroatoms. The first-order chi connectivity index (χ1) is 12.3. The molecule has 0 unspecified atom stereocenters. The Bertz CT molecular complexity index is 980. The first kappa shape index (κ1) is 17.9. The van der Waals surface area contributed by atoms with Crippen molar-refractivity contribution >= 4 is 22.5 Å². The molecule has 0 radical (unpaired) electrons. The average molecular weight is 344 g/mol. The van der Waals surface area contributed by atoms with Crippen LogP contribution in [-0.2, 0) is 10.2 Å². The van der Waals surface area contributed by atoms with Gasteiger partial charge in [0.05, 0.1) is 11.2 Å². The summed E-state index contributed by atoms with van der Waals surface area (Å²) in [5.74, 6) is -0.227. The van der Waals surface area contributed by atoms with Crippen molar-refractivity contribution in [3.05, 3.63) is 72.3 Å². The predicted molar refractivity (Wildman–Crippen MR) is 109 cm³/mol. The van der Waals surface area contributed by atoms with Crippen LogP contribution >= 0.6 is 0 Å². The van der Waals surface area contributed by atoms with E-state index in [0.29, 0.717) is 5.69 Å². The van der Waals surface area contributed by atoms with Gasteiger partial charge in [0.25, 0.3) is 0 Å². The summed E-state index contributed by atoms with van der Waals surface area (Å²) >= 11 is 0. The third-order valence-corrected chi connectivity index (χ3v) is 4.49. The van der Waals surface area contributed by atoms with Gasteiger partial charge < -0.3 is 5.32 Å². The van der Waals surface area contributed by atoms with Gasteiger partial charge in [0.2, 0.25) is 5.91 Å². The number of nitrogens with zero attached hydrogens (tertiary/aromatic N) is 1. The quantitative estimate of drug-likeness (QED) is 0.625. The number of carbonyl (C=O) groups excluding carboxylic acids is 1. The van der Waals surface area contributed by atoms with Crippen LogP contribution in [-0.4, -0.2) is 10.9 Å². The Kier molecular flexibility index (Phi) is 4.64. The monoisotopic (exact) mass is 344 g/mol. The number of benzene rings is 2. The number of anilines is 1. The van der Waals surface area contributed by atoms with Crippen LogP contribution in [0.4, 0.5) is 5.69 Å². The van der Waals surface area contributed by atoms with Crippen molar-refractivity contribution in [2.24, 2.45) is 0 Å². The Morgan fingerprint density at radius 3 is 2.38 bits per heavy atom. The summed E-state index contributed by atoms with van der Waals surface area (Å²) < 4.78 is 0. The zero-order valence-corrected chi connectivity index (χ0v) is 15.8. The van der Waals surface area contributed by atoms with Crippen molar-refractivity contribution in [2.75, 3.05) is 5.32 Å². The van der Waals surface area contributed by atoms with Crippen LogP contribution < -0.4 is 5.32 Å². The number of pyridine rings is 1. The minimum atomic E-state index is -0.227. The molecule has 3 rings (SSSR count). The topological polar surface area (TPSA) is 42.0 Å². The van der Waals surface area contributed by atoms with Crippen molar-refractivity contribution in [1.82, 2.24) is 4.98 Å². The van der Waals surface area contributed by atoms with Gasteiger partial charge in [-0.2, -0.15) is 0 Å². The molecule has 1 heterocycles. The fourth-order valence-corrected chi connectivity index (χ4v) is 2.96. The Morgan fingerprint density at radius 1 is 1.08 bits per heavy atom. The number of carbonyl (C=O) groups is 1. The van der Waals surface area contributed by atoms with Crippen molar-refractivity contribution in [1.29, 1.82) is 0 Å². The zero-order valence-electron chi connectivity index (χ0n) is 15.8. The molecule has 26 heavy (non-hydrogen) atoms. The molecule has 3 nitrogen and oxygen atoms in total. The lowest BCUT2D eigenvalue weighted by Crippen LogP contribution is -2.10. The second kappa shape index (κ2) is 6.75. The van der Waals surface area contributed by atoms with Crippen LogP contribution in [0.3, 0.4) is 0 Å². The number of amides is 1. The van der Waals surface area contributed by atoms with Crippen LogP contribution in [0.15, 0.2) is 61.2 Å². The predicted octanol–water partition coefficient (Wildman–Crippen LogP) is 5.63. The van der Waals surface area contributed by atoms with Crippen LogP contribution in [0.5, 0.6) is 0 Å². The highest BCUT2D eigenvalue weighted by atomic mass is 16.1. The van der Waals surface area contributed by atoms with Crippen molar-refractivity contribution in [3.8, 4) is 11.3 Å². The van der Waals surface area contributed by atoms with E-state index in [-0.39, 0.29) is 11.3 Å². The third-order valence-electron chi connectivity index (χ3n) is 4.49. The summed E-state index contributed by atoms with van der Waals surface area (Å²) in [6, 6.07) is 16.5. The van der Waals surface area contributed by atoms with E-state index < -0.39 is 0 Å². The van der Waals surface area contributed by atoms with Gasteiger partial charge in [-0.3, -0.25) is 4.79 Å². The van der Waals surface area contributed by atoms with Gasteiger partial charge >= 0.3 is 0 Å². The Morgan fingerprint density at radius 2 is 1.77 bits per heavy atom. The van der Waals surface area contributed by atoms with Gasteiger partial charge in [-0.1, -0.05) is 57.7 Å². The fraction of sp³-hybridized carbons (Fsp3) is 0.217. The van der Waals surface area contributed by atoms with E-state index in [1.54, 1.807) is 0 Å². The summed E-state index contributed by atoms with van der Waals surface area (Å²) in [5.41, 5.74) is 6.18. The lowest BCUT2D eigenvalue weighted by atomic mass is 9.86. The molecule has 0 atom stereocenters. The second-order valence-corrected chi connectivity index (χ2v) is 7.58. The molecule has 2 aromatic carbocycles.